The van der Waals surface area contributed by atoms with Crippen molar-refractivity contribution >= 4 is 87.5 Å². The Labute approximate surface area is 421 Å². The predicted octanol–water partition coefficient (Wildman–Crippen LogP) is 16.3. The van der Waals surface area contributed by atoms with E-state index in [1.165, 1.54) is 0 Å². The molecule has 0 fully saturated rings. The van der Waals surface area contributed by atoms with E-state index < -0.39 is 0 Å². The van der Waals surface area contributed by atoms with E-state index in [0.717, 1.165) is 121 Å². The summed E-state index contributed by atoms with van der Waals surface area (Å²) in [6.07, 6.45) is 0. The first-order valence-corrected chi connectivity index (χ1v) is 24.3. The predicted molar refractivity (Wildman–Crippen MR) is 294 cm³/mol. The van der Waals surface area contributed by atoms with Crippen LogP contribution in [-0.4, -0.2) is 24.1 Å². The van der Waals surface area contributed by atoms with Crippen LogP contribution in [0.5, 0.6) is 0 Å². The van der Waals surface area contributed by atoms with Gasteiger partial charge >= 0.3 is 0 Å². The van der Waals surface area contributed by atoms with Crippen LogP contribution in [0.3, 0.4) is 0 Å². The van der Waals surface area contributed by atoms with Crippen LogP contribution in [0, 0.1) is 22.7 Å². The minimum Gasteiger partial charge on any atom is -0.455 e. The molecule has 9 nitrogen and oxygen atoms in total. The zero-order valence-corrected chi connectivity index (χ0v) is 39.2. The fourth-order valence-corrected chi connectivity index (χ4v) is 11.1. The van der Waals surface area contributed by atoms with Gasteiger partial charge in [-0.1, -0.05) is 121 Å². The molecule has 0 bridgehead atoms. The third-order valence-corrected chi connectivity index (χ3v) is 14.5. The van der Waals surface area contributed by atoms with E-state index >= 15 is 0 Å². The Morgan fingerprint density at radius 2 is 0.797 bits per heavy atom. The first kappa shape index (κ1) is 41.2. The normalized spacial score (nSPS) is 11.8. The fraction of sp³-hybridized carbons (Fsp3) is 0. The lowest BCUT2D eigenvalue weighted by atomic mass is 9.99. The molecule has 0 amide bonds. The monoisotopic (exact) mass is 945 g/mol. The molecule has 5 heterocycles. The standard InChI is InChI=1S/C65H35N7O2/c66-36-38-22-25-40(26-23-38)42-27-31-54(72-52-19-9-5-17-48(52)60-56(72)33-29-46-44-15-7-11-21-58(44)74-62(46)60)50(35-42)65-69-63(41-12-2-1-3-13-41)68-64(70-65)49-34-39(37-67)24-30-53(49)71-51-18-8-4-16-47(51)59-55(71)32-28-45-43-14-6-10-20-57(43)73-61(45)59/h1-35H. The highest BCUT2D eigenvalue weighted by atomic mass is 16.3. The molecular formula is C65H35N7O2. The number of furan rings is 2. The summed E-state index contributed by atoms with van der Waals surface area (Å²) in [6, 6.07) is 76.0. The van der Waals surface area contributed by atoms with E-state index in [4.69, 9.17) is 23.8 Å². The highest BCUT2D eigenvalue weighted by molar-refractivity contribution is 6.25. The van der Waals surface area contributed by atoms with E-state index in [1.807, 2.05) is 115 Å². The molecular weight excluding hydrogens is 911 g/mol. The average molecular weight is 946 g/mol. The lowest BCUT2D eigenvalue weighted by molar-refractivity contribution is 0.672. The van der Waals surface area contributed by atoms with Crippen molar-refractivity contribution < 1.29 is 8.83 Å². The summed E-state index contributed by atoms with van der Waals surface area (Å²) < 4.78 is 17.9. The zero-order chi connectivity index (χ0) is 49.0. The van der Waals surface area contributed by atoms with Gasteiger partial charge in [-0.2, -0.15) is 10.5 Å². The summed E-state index contributed by atoms with van der Waals surface area (Å²) in [5, 5.41) is 28.6. The molecule has 15 rings (SSSR count). The Kier molecular flexibility index (Phi) is 8.88. The number of rotatable bonds is 6. The summed E-state index contributed by atoms with van der Waals surface area (Å²) in [4.78, 5) is 16.2. The molecule has 0 unspecified atom stereocenters. The Balaban J connectivity index is 1.03. The molecule has 0 saturated carbocycles. The van der Waals surface area contributed by atoms with Crippen molar-refractivity contribution in [3.8, 4) is 68.8 Å². The van der Waals surface area contributed by atoms with Crippen molar-refractivity contribution in [3.63, 3.8) is 0 Å². The molecule has 9 heteroatoms. The second-order valence-corrected chi connectivity index (χ2v) is 18.5. The molecule has 0 aliphatic heterocycles. The Morgan fingerprint density at radius 1 is 0.338 bits per heavy atom. The van der Waals surface area contributed by atoms with Gasteiger partial charge in [-0.3, -0.25) is 0 Å². The van der Waals surface area contributed by atoms with Crippen LogP contribution in [0.2, 0.25) is 0 Å². The highest BCUT2D eigenvalue weighted by Crippen LogP contribution is 2.45. The minimum absolute atomic E-state index is 0.387. The average Bonchev–Trinajstić information content (AvgIpc) is 4.28. The van der Waals surface area contributed by atoms with E-state index in [1.54, 1.807) is 0 Å². The van der Waals surface area contributed by atoms with Gasteiger partial charge in [0, 0.05) is 49.0 Å². The Hall–Kier alpha value is -10.6. The van der Waals surface area contributed by atoms with Gasteiger partial charge in [-0.05, 0) is 102 Å². The molecule has 0 N–H and O–H groups in total. The quantitative estimate of drug-likeness (QED) is 0.163. The molecule has 0 aliphatic carbocycles. The number of para-hydroxylation sites is 4. The van der Waals surface area contributed by atoms with Gasteiger partial charge in [-0.15, -0.1) is 0 Å². The maximum absolute atomic E-state index is 10.6. The lowest BCUT2D eigenvalue weighted by Gasteiger charge is -2.17. The van der Waals surface area contributed by atoms with Crippen LogP contribution in [0.15, 0.2) is 221 Å². The number of fused-ring (bicyclic) bond motifs is 14. The number of benzene rings is 10. The van der Waals surface area contributed by atoms with Gasteiger partial charge in [0.25, 0.3) is 0 Å². The molecule has 0 atom stereocenters. The largest absolute Gasteiger partial charge is 0.455 e. The zero-order valence-electron chi connectivity index (χ0n) is 39.2. The van der Waals surface area contributed by atoms with E-state index in [9.17, 15) is 10.5 Å². The van der Waals surface area contributed by atoms with Gasteiger partial charge in [0.2, 0.25) is 0 Å². The van der Waals surface area contributed by atoms with Crippen molar-refractivity contribution in [1.29, 1.82) is 10.5 Å². The van der Waals surface area contributed by atoms with Crippen LogP contribution >= 0.6 is 0 Å². The van der Waals surface area contributed by atoms with Crippen LogP contribution in [-0.2, 0) is 0 Å². The summed E-state index contributed by atoms with van der Waals surface area (Å²) in [5.41, 5.74) is 13.8. The molecule has 5 aromatic heterocycles. The number of hydrogen-bond acceptors (Lipinski definition) is 7. The second-order valence-electron chi connectivity index (χ2n) is 18.5. The number of nitriles is 2. The molecule has 342 valence electrons. The Bertz CT molecular complexity index is 4930. The van der Waals surface area contributed by atoms with E-state index in [2.05, 4.69) is 118 Å². The molecule has 0 spiro atoms. The van der Waals surface area contributed by atoms with Gasteiger partial charge < -0.3 is 18.0 Å². The third kappa shape index (κ3) is 6.11. The maximum Gasteiger partial charge on any atom is 0.166 e. The SMILES string of the molecule is N#Cc1ccc(-c2ccc(-n3c4ccccc4c4c5oc6ccccc6c5ccc43)c(-c3nc(-c4ccccc4)nc(-c4cc(C#N)ccc4-n4c5ccccc5c5c6oc7ccccc7c6ccc54)n3)c2)cc1. The van der Waals surface area contributed by atoms with Crippen molar-refractivity contribution in [1.82, 2.24) is 24.1 Å². The van der Waals surface area contributed by atoms with Crippen LogP contribution < -0.4 is 0 Å². The minimum atomic E-state index is 0.387. The topological polar surface area (TPSA) is 122 Å². The molecule has 0 aliphatic rings. The van der Waals surface area contributed by atoms with E-state index in [-0.39, 0.29) is 0 Å². The molecule has 0 radical (unpaired) electrons. The highest BCUT2D eigenvalue weighted by Gasteiger charge is 2.26. The van der Waals surface area contributed by atoms with Crippen LogP contribution in [0.4, 0.5) is 0 Å². The van der Waals surface area contributed by atoms with Gasteiger partial charge in [0.05, 0.1) is 67.5 Å². The second kappa shape index (κ2) is 16.0. The summed E-state index contributed by atoms with van der Waals surface area (Å²) in [5.74, 6) is 1.28. The summed E-state index contributed by atoms with van der Waals surface area (Å²) >= 11 is 0. The van der Waals surface area contributed by atoms with E-state index in [0.29, 0.717) is 34.2 Å². The number of nitrogens with zero attached hydrogens (tertiary/aromatic N) is 7. The Morgan fingerprint density at radius 3 is 1.36 bits per heavy atom. The van der Waals surface area contributed by atoms with Crippen molar-refractivity contribution in [2.24, 2.45) is 0 Å². The number of aromatic nitrogens is 5. The number of hydrogen-bond donors (Lipinski definition) is 0. The first-order valence-electron chi connectivity index (χ1n) is 24.3. The van der Waals surface area contributed by atoms with Crippen molar-refractivity contribution in [2.75, 3.05) is 0 Å². The summed E-state index contributed by atoms with van der Waals surface area (Å²) in [7, 11) is 0. The summed E-state index contributed by atoms with van der Waals surface area (Å²) in [6.45, 7) is 0. The molecule has 15 aromatic rings. The van der Waals surface area contributed by atoms with Crippen molar-refractivity contribution in [3.05, 3.63) is 223 Å². The molecule has 10 aromatic carbocycles. The smallest absolute Gasteiger partial charge is 0.166 e. The van der Waals surface area contributed by atoms with Gasteiger partial charge in [0.1, 0.15) is 22.3 Å². The van der Waals surface area contributed by atoms with Crippen LogP contribution in [0.25, 0.3) is 144 Å². The van der Waals surface area contributed by atoms with Crippen LogP contribution in [0.1, 0.15) is 11.1 Å². The van der Waals surface area contributed by atoms with Gasteiger partial charge in [0.15, 0.2) is 17.5 Å². The van der Waals surface area contributed by atoms with Gasteiger partial charge in [-0.25, -0.2) is 15.0 Å². The first-order chi connectivity index (χ1) is 36.6. The lowest BCUT2D eigenvalue weighted by Crippen LogP contribution is -2.06. The third-order valence-electron chi connectivity index (χ3n) is 14.5. The van der Waals surface area contributed by atoms with Crippen molar-refractivity contribution in [2.45, 2.75) is 0 Å². The molecule has 74 heavy (non-hydrogen) atoms. The maximum atomic E-state index is 10.6. The fourth-order valence-electron chi connectivity index (χ4n) is 11.1. The molecule has 0 saturated heterocycles.